The van der Waals surface area contributed by atoms with E-state index >= 15 is 0 Å². The molecule has 0 aliphatic carbocycles. The molecular formula is C19H26ClN5. The Balaban J connectivity index is 1.93. The van der Waals surface area contributed by atoms with Crippen LogP contribution in [0.3, 0.4) is 0 Å². The Bertz CT molecular complexity index is 698. The van der Waals surface area contributed by atoms with Gasteiger partial charge < -0.3 is 15.5 Å². The summed E-state index contributed by atoms with van der Waals surface area (Å²) in [4.78, 5) is 11.4. The zero-order chi connectivity index (χ0) is 17.7. The Morgan fingerprint density at radius 1 is 1.20 bits per heavy atom. The van der Waals surface area contributed by atoms with Crippen LogP contribution >= 0.6 is 11.6 Å². The minimum Gasteiger partial charge on any atom is -0.353 e. The molecule has 0 bridgehead atoms. The molecule has 1 fully saturated rings. The highest BCUT2D eigenvalue weighted by molar-refractivity contribution is 6.31. The number of piperidine rings is 1. The fourth-order valence-corrected chi connectivity index (χ4v) is 3.78. The summed E-state index contributed by atoms with van der Waals surface area (Å²) < 4.78 is 0. The summed E-state index contributed by atoms with van der Waals surface area (Å²) >= 11 is 6.57. The first-order valence-electron chi connectivity index (χ1n) is 8.80. The number of nitrogens with one attached hydrogen (secondary N) is 2. The summed E-state index contributed by atoms with van der Waals surface area (Å²) in [7, 11) is 4.11. The van der Waals surface area contributed by atoms with E-state index in [0.717, 1.165) is 55.3 Å². The summed E-state index contributed by atoms with van der Waals surface area (Å²) in [5, 5.41) is 7.59. The van der Waals surface area contributed by atoms with Crippen molar-refractivity contribution in [1.82, 2.24) is 20.2 Å². The second kappa shape index (κ2) is 8.13. The molecule has 0 amide bonds. The van der Waals surface area contributed by atoms with Crippen LogP contribution in [0.1, 0.15) is 24.1 Å². The van der Waals surface area contributed by atoms with E-state index in [2.05, 4.69) is 46.7 Å². The summed E-state index contributed by atoms with van der Waals surface area (Å²) in [6, 6.07) is 10.2. The van der Waals surface area contributed by atoms with E-state index in [9.17, 15) is 0 Å². The van der Waals surface area contributed by atoms with Crippen LogP contribution in [-0.2, 0) is 5.41 Å². The van der Waals surface area contributed by atoms with Crippen LogP contribution in [0.2, 0.25) is 5.02 Å². The summed E-state index contributed by atoms with van der Waals surface area (Å²) in [5.41, 5.74) is 2.05. The lowest BCUT2D eigenvalue weighted by atomic mass is 9.70. The molecule has 1 aliphatic rings. The molecule has 0 saturated carbocycles. The number of hydrogen-bond donors (Lipinski definition) is 2. The fraction of sp³-hybridized carbons (Fsp3) is 0.474. The quantitative estimate of drug-likeness (QED) is 0.830. The zero-order valence-corrected chi connectivity index (χ0v) is 15.7. The predicted octanol–water partition coefficient (Wildman–Crippen LogP) is 2.77. The lowest BCUT2D eigenvalue weighted by Crippen LogP contribution is -2.41. The molecule has 2 N–H and O–H groups in total. The standard InChI is InChI=1S/C19H26ClN5/c1-25(2)14-13-23-18-22-10-7-17(24-18)19(8-11-21-12-9-19)15-5-3-4-6-16(15)20/h3-7,10,21H,8-9,11-14H2,1-2H3,(H,22,23,24). The van der Waals surface area contributed by atoms with Gasteiger partial charge in [0.1, 0.15) is 0 Å². The molecule has 0 atom stereocenters. The molecule has 6 heteroatoms. The highest BCUT2D eigenvalue weighted by atomic mass is 35.5. The van der Waals surface area contributed by atoms with E-state index < -0.39 is 0 Å². The van der Waals surface area contributed by atoms with Crippen molar-refractivity contribution < 1.29 is 0 Å². The molecule has 2 aromatic rings. The van der Waals surface area contributed by atoms with E-state index in [-0.39, 0.29) is 5.41 Å². The van der Waals surface area contributed by atoms with E-state index in [0.29, 0.717) is 5.95 Å². The molecule has 134 valence electrons. The van der Waals surface area contributed by atoms with Crippen molar-refractivity contribution in [3.63, 3.8) is 0 Å². The van der Waals surface area contributed by atoms with E-state index in [1.54, 1.807) is 0 Å². The second-order valence-electron chi connectivity index (χ2n) is 6.81. The van der Waals surface area contributed by atoms with Crippen molar-refractivity contribution in [2.45, 2.75) is 18.3 Å². The monoisotopic (exact) mass is 359 g/mol. The molecule has 1 aliphatic heterocycles. The van der Waals surface area contributed by atoms with Crippen molar-refractivity contribution in [2.24, 2.45) is 0 Å². The second-order valence-corrected chi connectivity index (χ2v) is 7.21. The van der Waals surface area contributed by atoms with Gasteiger partial charge in [-0.25, -0.2) is 9.97 Å². The van der Waals surface area contributed by atoms with Gasteiger partial charge in [-0.1, -0.05) is 29.8 Å². The Labute approximate surface area is 154 Å². The van der Waals surface area contributed by atoms with Crippen molar-refractivity contribution in [3.8, 4) is 0 Å². The SMILES string of the molecule is CN(C)CCNc1nccc(C2(c3ccccc3Cl)CCNCC2)n1. The number of benzene rings is 1. The molecule has 25 heavy (non-hydrogen) atoms. The third-order valence-electron chi connectivity index (χ3n) is 4.83. The van der Waals surface area contributed by atoms with Gasteiger partial charge in [0.25, 0.3) is 0 Å². The average Bonchev–Trinajstić information content (AvgIpc) is 2.63. The lowest BCUT2D eigenvalue weighted by molar-refractivity contribution is 0.354. The van der Waals surface area contributed by atoms with Crippen LogP contribution in [0.25, 0.3) is 0 Å². The van der Waals surface area contributed by atoms with Gasteiger partial charge in [-0.15, -0.1) is 0 Å². The number of hydrogen-bond acceptors (Lipinski definition) is 5. The molecular weight excluding hydrogens is 334 g/mol. The molecule has 1 saturated heterocycles. The van der Waals surface area contributed by atoms with Gasteiger partial charge in [-0.05, 0) is 57.7 Å². The van der Waals surface area contributed by atoms with Crippen LogP contribution < -0.4 is 10.6 Å². The average molecular weight is 360 g/mol. The van der Waals surface area contributed by atoms with E-state index in [1.807, 2.05) is 24.4 Å². The van der Waals surface area contributed by atoms with Gasteiger partial charge in [-0.3, -0.25) is 0 Å². The van der Waals surface area contributed by atoms with Crippen molar-refractivity contribution in [1.29, 1.82) is 0 Å². The molecule has 2 heterocycles. The molecule has 0 radical (unpaired) electrons. The highest BCUT2D eigenvalue weighted by Gasteiger charge is 2.38. The fourth-order valence-electron chi connectivity index (χ4n) is 3.47. The van der Waals surface area contributed by atoms with Gasteiger partial charge in [0.15, 0.2) is 0 Å². The number of anilines is 1. The molecule has 5 nitrogen and oxygen atoms in total. The Kier molecular flexibility index (Phi) is 5.89. The zero-order valence-electron chi connectivity index (χ0n) is 14.9. The first-order chi connectivity index (χ1) is 12.1. The number of nitrogens with zero attached hydrogens (tertiary/aromatic N) is 3. The summed E-state index contributed by atoms with van der Waals surface area (Å²) in [6.07, 6.45) is 3.80. The number of likely N-dealkylation sites (N-methyl/N-ethyl adjacent to an activating group) is 1. The van der Waals surface area contributed by atoms with E-state index in [1.165, 1.54) is 0 Å². The number of halogens is 1. The topological polar surface area (TPSA) is 53.1 Å². The van der Waals surface area contributed by atoms with Crippen molar-refractivity contribution >= 4 is 17.5 Å². The maximum atomic E-state index is 6.57. The molecule has 1 aromatic carbocycles. The third kappa shape index (κ3) is 4.11. The minimum absolute atomic E-state index is 0.162. The Morgan fingerprint density at radius 3 is 2.68 bits per heavy atom. The molecule has 1 aromatic heterocycles. The molecule has 0 unspecified atom stereocenters. The van der Waals surface area contributed by atoms with Crippen molar-refractivity contribution in [3.05, 3.63) is 52.8 Å². The van der Waals surface area contributed by atoms with Crippen molar-refractivity contribution in [2.75, 3.05) is 45.6 Å². The van der Waals surface area contributed by atoms with Crippen LogP contribution in [-0.4, -0.2) is 55.1 Å². The first kappa shape index (κ1) is 18.1. The molecule has 0 spiro atoms. The Hall–Kier alpha value is -1.69. The summed E-state index contributed by atoms with van der Waals surface area (Å²) in [6.45, 7) is 3.67. The third-order valence-corrected chi connectivity index (χ3v) is 5.16. The smallest absolute Gasteiger partial charge is 0.222 e. The largest absolute Gasteiger partial charge is 0.353 e. The van der Waals surface area contributed by atoms with E-state index in [4.69, 9.17) is 16.6 Å². The van der Waals surface area contributed by atoms with Crippen LogP contribution in [0.15, 0.2) is 36.5 Å². The molecule has 3 rings (SSSR count). The normalized spacial score (nSPS) is 16.8. The van der Waals surface area contributed by atoms with Crippen LogP contribution in [0.5, 0.6) is 0 Å². The predicted molar refractivity (Wildman–Crippen MR) is 103 cm³/mol. The van der Waals surface area contributed by atoms with Crippen LogP contribution in [0.4, 0.5) is 5.95 Å². The van der Waals surface area contributed by atoms with Crippen LogP contribution in [0, 0.1) is 0 Å². The highest BCUT2D eigenvalue weighted by Crippen LogP contribution is 2.42. The Morgan fingerprint density at radius 2 is 1.96 bits per heavy atom. The minimum atomic E-state index is -0.162. The van der Waals surface area contributed by atoms with Gasteiger partial charge in [0, 0.05) is 29.7 Å². The maximum absolute atomic E-state index is 6.57. The number of aromatic nitrogens is 2. The van der Waals surface area contributed by atoms with Gasteiger partial charge in [0.05, 0.1) is 5.69 Å². The van der Waals surface area contributed by atoms with Gasteiger partial charge in [-0.2, -0.15) is 0 Å². The summed E-state index contributed by atoms with van der Waals surface area (Å²) in [5.74, 6) is 0.685. The first-order valence-corrected chi connectivity index (χ1v) is 9.17. The lowest BCUT2D eigenvalue weighted by Gasteiger charge is -2.38. The van der Waals surface area contributed by atoms with Gasteiger partial charge in [0.2, 0.25) is 5.95 Å². The maximum Gasteiger partial charge on any atom is 0.222 e. The van der Waals surface area contributed by atoms with Gasteiger partial charge >= 0.3 is 0 Å². The number of rotatable bonds is 6.